The molecule has 0 unspecified atom stereocenters. The topological polar surface area (TPSA) is 117 Å². The lowest BCUT2D eigenvalue weighted by atomic mass is 10.1. The number of carboxylic acid groups (broad SMARTS) is 1. The molecule has 0 amide bonds. The number of para-hydroxylation sites is 1. The molecule has 28 heavy (non-hydrogen) atoms. The molecule has 0 aliphatic carbocycles. The number of Topliss-reactive ketones (excluding diaryl/α,β-unsaturated/α-hetero) is 1. The highest BCUT2D eigenvalue weighted by Crippen LogP contribution is 2.36. The predicted molar refractivity (Wildman–Crippen MR) is 97.8 cm³/mol. The van der Waals surface area contributed by atoms with Crippen LogP contribution in [-0.4, -0.2) is 31.1 Å². The summed E-state index contributed by atoms with van der Waals surface area (Å²) in [6.07, 6.45) is 1.31. The van der Waals surface area contributed by atoms with Crippen LogP contribution >= 0.6 is 0 Å². The standard InChI is InChI=1S/C20H17NO7/c1-26-13-8-11(9-14(27-2)17(13)22)10-15-18(23)16(20(24)25)19(28-15)21-12-6-4-3-5-7-12/h3-10,21-22H,1-2H3,(H,24,25)/p-1/b15-10-. The molecule has 2 N–H and O–H groups in total. The molecular weight excluding hydrogens is 366 g/mol. The van der Waals surface area contributed by atoms with Gasteiger partial charge in [0.1, 0.15) is 11.5 Å². The van der Waals surface area contributed by atoms with E-state index in [2.05, 4.69) is 5.32 Å². The van der Waals surface area contributed by atoms with Gasteiger partial charge >= 0.3 is 5.97 Å². The van der Waals surface area contributed by atoms with E-state index in [0.29, 0.717) is 11.3 Å². The number of ketones is 1. The second-order valence-electron chi connectivity index (χ2n) is 5.69. The van der Waals surface area contributed by atoms with Gasteiger partial charge in [-0.1, -0.05) is 18.2 Å². The normalized spacial score (nSPS) is 14.8. The van der Waals surface area contributed by atoms with Crippen molar-refractivity contribution in [3.8, 4) is 17.2 Å². The number of carboxylic acids is 1. The van der Waals surface area contributed by atoms with Crippen molar-refractivity contribution >= 4 is 23.5 Å². The molecule has 0 bridgehead atoms. The smallest absolute Gasteiger partial charge is 0.345 e. The molecular formula is C20H16NO7-. The fraction of sp³-hybridized carbons (Fsp3) is 0.100. The molecule has 1 aliphatic rings. The fourth-order valence-corrected chi connectivity index (χ4v) is 2.60. The number of nitrogens with one attached hydrogen (secondary N) is 1. The highest BCUT2D eigenvalue weighted by Gasteiger charge is 2.36. The number of methoxy groups -OCH3 is 2. The molecule has 0 saturated heterocycles. The zero-order chi connectivity index (χ0) is 20.3. The van der Waals surface area contributed by atoms with Crippen molar-refractivity contribution in [1.82, 2.24) is 0 Å². The van der Waals surface area contributed by atoms with E-state index in [1.807, 2.05) is 0 Å². The number of benzene rings is 2. The van der Waals surface area contributed by atoms with Crippen LogP contribution in [0, 0.1) is 0 Å². The number of anilines is 1. The monoisotopic (exact) mass is 382 g/mol. The maximum Gasteiger partial charge on any atom is 0.345 e. The molecule has 144 valence electrons. The number of carbonyl (C=O) groups excluding carboxylic acids is 1. The molecule has 0 saturated carbocycles. The molecule has 1 aliphatic heterocycles. The van der Waals surface area contributed by atoms with E-state index in [9.17, 15) is 19.8 Å². The molecule has 2 aromatic carbocycles. The lowest BCUT2D eigenvalue weighted by Crippen LogP contribution is -2.12. The zero-order valence-electron chi connectivity index (χ0n) is 15.0. The van der Waals surface area contributed by atoms with E-state index in [1.165, 1.54) is 32.4 Å². The van der Waals surface area contributed by atoms with Gasteiger partial charge in [-0.3, -0.25) is 4.79 Å². The van der Waals surface area contributed by atoms with Gasteiger partial charge in [0.2, 0.25) is 11.7 Å². The highest BCUT2D eigenvalue weighted by molar-refractivity contribution is 6.26. The molecule has 0 spiro atoms. The number of hydrogen-bond donors (Lipinski definition) is 2. The van der Waals surface area contributed by atoms with Gasteiger partial charge in [0.05, 0.1) is 14.2 Å². The quantitative estimate of drug-likeness (QED) is 0.576. The van der Waals surface area contributed by atoms with Gasteiger partial charge in [0.15, 0.2) is 11.3 Å². The number of allylic oxidation sites excluding steroid dienone is 1. The van der Waals surface area contributed by atoms with Crippen molar-refractivity contribution in [3.63, 3.8) is 0 Å². The predicted octanol–water partition coefficient (Wildman–Crippen LogP) is 2.13. The van der Waals surface area contributed by atoms with Crippen LogP contribution in [0.25, 0.3) is 6.08 Å². The Kier molecular flexibility index (Phi) is 5.21. The van der Waals surface area contributed by atoms with Crippen molar-refractivity contribution < 1.29 is 34.0 Å². The Morgan fingerprint density at radius 2 is 1.75 bits per heavy atom. The van der Waals surface area contributed by atoms with E-state index in [4.69, 9.17) is 14.2 Å². The van der Waals surface area contributed by atoms with Gasteiger partial charge < -0.3 is 29.7 Å². The van der Waals surface area contributed by atoms with Crippen LogP contribution in [0.3, 0.4) is 0 Å². The molecule has 2 aromatic rings. The maximum absolute atomic E-state index is 12.5. The highest BCUT2D eigenvalue weighted by atomic mass is 16.5. The maximum atomic E-state index is 12.5. The second-order valence-corrected chi connectivity index (χ2v) is 5.69. The molecule has 0 aromatic heterocycles. The molecule has 0 radical (unpaired) electrons. The first-order chi connectivity index (χ1) is 13.4. The number of carbonyl (C=O) groups is 2. The van der Waals surface area contributed by atoms with Crippen molar-refractivity contribution in [2.24, 2.45) is 0 Å². The minimum Gasteiger partial charge on any atom is -0.867 e. The number of hydrogen-bond acceptors (Lipinski definition) is 7. The summed E-state index contributed by atoms with van der Waals surface area (Å²) in [6, 6.07) is 11.5. The average Bonchev–Trinajstić information content (AvgIpc) is 2.98. The number of ether oxygens (including phenoxy) is 3. The summed E-state index contributed by atoms with van der Waals surface area (Å²) in [7, 11) is 2.66. The van der Waals surface area contributed by atoms with Crippen LogP contribution < -0.4 is 19.9 Å². The summed E-state index contributed by atoms with van der Waals surface area (Å²) in [4.78, 5) is 24.1. The Morgan fingerprint density at radius 3 is 2.29 bits per heavy atom. The first-order valence-electron chi connectivity index (χ1n) is 8.11. The van der Waals surface area contributed by atoms with E-state index in [-0.39, 0.29) is 23.1 Å². The van der Waals surface area contributed by atoms with Gasteiger partial charge in [-0.25, -0.2) is 4.79 Å². The largest absolute Gasteiger partial charge is 0.867 e. The second kappa shape index (κ2) is 7.75. The molecule has 8 heteroatoms. The van der Waals surface area contributed by atoms with Gasteiger partial charge in [-0.15, -0.1) is 0 Å². The SMILES string of the molecule is COc1cc(/C=C2\OC(Nc3ccccc3)=C(C(=O)O)C2=O)cc(OC)c1[O-]. The van der Waals surface area contributed by atoms with Crippen LogP contribution in [0.5, 0.6) is 17.2 Å². The first kappa shape index (κ1) is 18.8. The van der Waals surface area contributed by atoms with Crippen molar-refractivity contribution in [1.29, 1.82) is 0 Å². The van der Waals surface area contributed by atoms with Crippen molar-refractivity contribution in [2.75, 3.05) is 19.5 Å². The summed E-state index contributed by atoms with van der Waals surface area (Å²) in [6.45, 7) is 0. The summed E-state index contributed by atoms with van der Waals surface area (Å²) in [5.41, 5.74) is 0.418. The summed E-state index contributed by atoms with van der Waals surface area (Å²) >= 11 is 0. The van der Waals surface area contributed by atoms with Crippen LogP contribution in [0.15, 0.2) is 59.7 Å². The van der Waals surface area contributed by atoms with Gasteiger partial charge in [-0.2, -0.15) is 0 Å². The summed E-state index contributed by atoms with van der Waals surface area (Å²) in [5, 5.41) is 24.2. The first-order valence-corrected chi connectivity index (χ1v) is 8.11. The van der Waals surface area contributed by atoms with Crippen molar-refractivity contribution in [3.05, 3.63) is 65.2 Å². The van der Waals surface area contributed by atoms with E-state index in [0.717, 1.165) is 0 Å². The Balaban J connectivity index is 1.97. The Labute approximate surface area is 160 Å². The van der Waals surface area contributed by atoms with Gasteiger partial charge in [0, 0.05) is 5.69 Å². The summed E-state index contributed by atoms with van der Waals surface area (Å²) < 4.78 is 15.5. The summed E-state index contributed by atoms with van der Waals surface area (Å²) in [5.74, 6) is -3.02. The van der Waals surface area contributed by atoms with Crippen LogP contribution in [-0.2, 0) is 14.3 Å². The van der Waals surface area contributed by atoms with Crippen molar-refractivity contribution in [2.45, 2.75) is 0 Å². The van der Waals surface area contributed by atoms with Crippen LogP contribution in [0.2, 0.25) is 0 Å². The van der Waals surface area contributed by atoms with Gasteiger partial charge in [-0.05, 0) is 41.7 Å². The van der Waals surface area contributed by atoms with Crippen LogP contribution in [0.1, 0.15) is 5.56 Å². The van der Waals surface area contributed by atoms with E-state index >= 15 is 0 Å². The van der Waals surface area contributed by atoms with Crippen LogP contribution in [0.4, 0.5) is 5.69 Å². The Bertz CT molecular complexity index is 968. The Hall–Kier alpha value is -3.94. The molecule has 0 atom stereocenters. The average molecular weight is 382 g/mol. The lowest BCUT2D eigenvalue weighted by Gasteiger charge is -2.17. The molecule has 3 rings (SSSR count). The molecule has 8 nitrogen and oxygen atoms in total. The van der Waals surface area contributed by atoms with Gasteiger partial charge in [0.25, 0.3) is 0 Å². The molecule has 1 heterocycles. The number of rotatable bonds is 6. The zero-order valence-corrected chi connectivity index (χ0v) is 15.0. The fourth-order valence-electron chi connectivity index (χ4n) is 2.60. The third kappa shape index (κ3) is 3.61. The lowest BCUT2D eigenvalue weighted by molar-refractivity contribution is -0.271. The minimum atomic E-state index is -1.42. The molecule has 0 fully saturated rings. The minimum absolute atomic E-state index is 0.0192. The Morgan fingerprint density at radius 1 is 1.14 bits per heavy atom. The van der Waals surface area contributed by atoms with E-state index in [1.54, 1.807) is 30.3 Å². The third-order valence-corrected chi connectivity index (χ3v) is 3.92. The number of aliphatic carboxylic acids is 1. The van der Waals surface area contributed by atoms with E-state index < -0.39 is 23.1 Å². The third-order valence-electron chi connectivity index (χ3n) is 3.92.